The summed E-state index contributed by atoms with van der Waals surface area (Å²) in [5.41, 5.74) is 2.38. The van der Waals surface area contributed by atoms with Gasteiger partial charge in [-0.05, 0) is 39.7 Å². The van der Waals surface area contributed by atoms with Crippen molar-refractivity contribution in [2.75, 3.05) is 7.05 Å². The van der Waals surface area contributed by atoms with E-state index in [0.29, 0.717) is 23.2 Å². The molecular weight excluding hydrogens is 332 g/mol. The maximum absolute atomic E-state index is 13.1. The van der Waals surface area contributed by atoms with Crippen molar-refractivity contribution in [3.8, 4) is 0 Å². The molecule has 0 unspecified atom stereocenters. The fraction of sp³-hybridized carbons (Fsp3) is 0.500. The molecule has 0 bridgehead atoms. The van der Waals surface area contributed by atoms with E-state index in [4.69, 9.17) is 9.51 Å². The molecule has 3 heterocycles. The summed E-state index contributed by atoms with van der Waals surface area (Å²) in [6.07, 6.45) is 3.98. The van der Waals surface area contributed by atoms with Gasteiger partial charge in [-0.3, -0.25) is 4.79 Å². The zero-order valence-corrected chi connectivity index (χ0v) is 15.4. The Labute approximate surface area is 151 Å². The third kappa shape index (κ3) is 2.95. The van der Waals surface area contributed by atoms with Gasteiger partial charge in [0.2, 0.25) is 5.89 Å². The highest BCUT2D eigenvalue weighted by Crippen LogP contribution is 2.40. The Hall–Kier alpha value is -2.77. The molecule has 26 heavy (non-hydrogen) atoms. The molecular formula is C18H22N6O2. The monoisotopic (exact) mass is 354 g/mol. The van der Waals surface area contributed by atoms with Crippen LogP contribution in [0.2, 0.25) is 0 Å². The molecule has 8 nitrogen and oxygen atoms in total. The van der Waals surface area contributed by atoms with Crippen molar-refractivity contribution in [2.45, 2.75) is 52.1 Å². The molecule has 1 aliphatic rings. The van der Waals surface area contributed by atoms with Gasteiger partial charge in [0.15, 0.2) is 11.5 Å². The number of hydrogen-bond donors (Lipinski definition) is 0. The first kappa shape index (κ1) is 16.7. The summed E-state index contributed by atoms with van der Waals surface area (Å²) >= 11 is 0. The summed E-state index contributed by atoms with van der Waals surface area (Å²) in [5, 5.41) is 9.00. The smallest absolute Gasteiger partial charge is 0.254 e. The number of carbonyl (C=O) groups is 1. The number of nitrogens with zero attached hydrogens (tertiary/aromatic N) is 6. The van der Waals surface area contributed by atoms with Crippen LogP contribution in [0.15, 0.2) is 16.8 Å². The molecule has 3 aromatic rings. The minimum atomic E-state index is -0.0986. The van der Waals surface area contributed by atoms with Crippen molar-refractivity contribution in [1.29, 1.82) is 0 Å². The van der Waals surface area contributed by atoms with E-state index < -0.39 is 0 Å². The zero-order chi connectivity index (χ0) is 18.4. The van der Waals surface area contributed by atoms with E-state index in [-0.39, 0.29) is 18.5 Å². The number of carbonyl (C=O) groups excluding carboxylic acids is 1. The van der Waals surface area contributed by atoms with E-state index in [2.05, 4.69) is 29.1 Å². The first-order valence-electron chi connectivity index (χ1n) is 8.87. The molecule has 1 amide bonds. The van der Waals surface area contributed by atoms with Gasteiger partial charge in [-0.2, -0.15) is 10.1 Å². The Morgan fingerprint density at radius 2 is 2.15 bits per heavy atom. The fourth-order valence-corrected chi connectivity index (χ4v) is 3.07. The van der Waals surface area contributed by atoms with Crippen LogP contribution in [0.4, 0.5) is 0 Å². The lowest BCUT2D eigenvalue weighted by Crippen LogP contribution is -2.26. The van der Waals surface area contributed by atoms with Crippen molar-refractivity contribution < 1.29 is 9.32 Å². The molecule has 3 aromatic heterocycles. The second kappa shape index (κ2) is 6.19. The van der Waals surface area contributed by atoms with Gasteiger partial charge in [0.25, 0.3) is 5.91 Å². The number of fused-ring (bicyclic) bond motifs is 1. The van der Waals surface area contributed by atoms with Crippen molar-refractivity contribution in [3.05, 3.63) is 35.2 Å². The number of rotatable bonds is 5. The molecule has 1 fully saturated rings. The van der Waals surface area contributed by atoms with E-state index in [1.807, 2.05) is 10.7 Å². The second-order valence-corrected chi connectivity index (χ2v) is 7.19. The zero-order valence-electron chi connectivity index (χ0n) is 15.4. The lowest BCUT2D eigenvalue weighted by Gasteiger charge is -2.16. The summed E-state index contributed by atoms with van der Waals surface area (Å²) < 4.78 is 7.01. The first-order chi connectivity index (χ1) is 12.4. The Kier molecular flexibility index (Phi) is 3.97. The molecule has 1 aliphatic carbocycles. The normalized spacial score (nSPS) is 14.3. The molecule has 136 valence electrons. The van der Waals surface area contributed by atoms with Crippen LogP contribution in [0, 0.1) is 6.92 Å². The predicted octanol–water partition coefficient (Wildman–Crippen LogP) is 2.85. The summed E-state index contributed by atoms with van der Waals surface area (Å²) in [5.74, 6) is 1.33. The molecule has 0 aliphatic heterocycles. The van der Waals surface area contributed by atoms with Crippen LogP contribution < -0.4 is 0 Å². The molecule has 8 heteroatoms. The van der Waals surface area contributed by atoms with E-state index in [0.717, 1.165) is 29.6 Å². The average molecular weight is 354 g/mol. The molecule has 0 radical (unpaired) electrons. The standard InChI is InChI=1S/C18H22N6O2/c1-10(2)24-17-14(8-19-24)13(7-15(21-17)12-5-6-12)18(25)23(4)9-16-20-11(3)22-26-16/h7-8,10,12H,5-6,9H2,1-4H3. The van der Waals surface area contributed by atoms with Crippen LogP contribution >= 0.6 is 0 Å². The van der Waals surface area contributed by atoms with Gasteiger partial charge in [-0.25, -0.2) is 9.67 Å². The van der Waals surface area contributed by atoms with Crippen molar-refractivity contribution >= 4 is 16.9 Å². The highest BCUT2D eigenvalue weighted by molar-refractivity contribution is 6.05. The highest BCUT2D eigenvalue weighted by atomic mass is 16.5. The number of amides is 1. The predicted molar refractivity (Wildman–Crippen MR) is 94.7 cm³/mol. The summed E-state index contributed by atoms with van der Waals surface area (Å²) in [6, 6.07) is 2.10. The van der Waals surface area contributed by atoms with Crippen LogP contribution in [0.5, 0.6) is 0 Å². The molecule has 0 spiro atoms. The number of aromatic nitrogens is 5. The number of aryl methyl sites for hydroxylation is 1. The van der Waals surface area contributed by atoms with Crippen LogP contribution in [0.25, 0.3) is 11.0 Å². The lowest BCUT2D eigenvalue weighted by molar-refractivity contribution is 0.0771. The van der Waals surface area contributed by atoms with Crippen molar-refractivity contribution in [2.24, 2.45) is 0 Å². The number of hydrogen-bond acceptors (Lipinski definition) is 6. The second-order valence-electron chi connectivity index (χ2n) is 7.19. The maximum Gasteiger partial charge on any atom is 0.254 e. The van der Waals surface area contributed by atoms with Crippen LogP contribution in [0.3, 0.4) is 0 Å². The molecule has 0 N–H and O–H groups in total. The number of pyridine rings is 1. The lowest BCUT2D eigenvalue weighted by atomic mass is 10.1. The van der Waals surface area contributed by atoms with Gasteiger partial charge in [-0.1, -0.05) is 5.16 Å². The highest BCUT2D eigenvalue weighted by Gasteiger charge is 2.29. The Balaban J connectivity index is 1.73. The van der Waals surface area contributed by atoms with Gasteiger partial charge in [-0.15, -0.1) is 0 Å². The Morgan fingerprint density at radius 1 is 1.38 bits per heavy atom. The fourth-order valence-electron chi connectivity index (χ4n) is 3.07. The van der Waals surface area contributed by atoms with Gasteiger partial charge in [0.05, 0.1) is 23.7 Å². The van der Waals surface area contributed by atoms with Crippen LogP contribution in [0.1, 0.15) is 66.4 Å². The van der Waals surface area contributed by atoms with Gasteiger partial charge in [0.1, 0.15) is 0 Å². The molecule has 0 aromatic carbocycles. The molecule has 1 saturated carbocycles. The van der Waals surface area contributed by atoms with E-state index >= 15 is 0 Å². The Bertz CT molecular complexity index is 969. The third-order valence-corrected chi connectivity index (χ3v) is 4.59. The average Bonchev–Trinajstić information content (AvgIpc) is 3.24. The maximum atomic E-state index is 13.1. The largest absolute Gasteiger partial charge is 0.337 e. The van der Waals surface area contributed by atoms with Gasteiger partial charge in [0, 0.05) is 24.7 Å². The van der Waals surface area contributed by atoms with E-state index in [1.165, 1.54) is 0 Å². The quantitative estimate of drug-likeness (QED) is 0.700. The van der Waals surface area contributed by atoms with E-state index in [9.17, 15) is 4.79 Å². The summed E-state index contributed by atoms with van der Waals surface area (Å²) in [7, 11) is 1.73. The first-order valence-corrected chi connectivity index (χ1v) is 8.87. The molecule has 0 atom stereocenters. The molecule has 4 rings (SSSR count). The minimum absolute atomic E-state index is 0.0986. The third-order valence-electron chi connectivity index (χ3n) is 4.59. The van der Waals surface area contributed by atoms with Crippen LogP contribution in [-0.4, -0.2) is 42.8 Å². The van der Waals surface area contributed by atoms with Gasteiger partial charge < -0.3 is 9.42 Å². The van der Waals surface area contributed by atoms with Gasteiger partial charge >= 0.3 is 0 Å². The Morgan fingerprint density at radius 3 is 2.77 bits per heavy atom. The van der Waals surface area contributed by atoms with Crippen molar-refractivity contribution in [1.82, 2.24) is 29.8 Å². The SMILES string of the molecule is Cc1noc(CN(C)C(=O)c2cc(C3CC3)nc3c2cnn3C(C)C)n1. The van der Waals surface area contributed by atoms with E-state index in [1.54, 1.807) is 25.1 Å². The molecule has 0 saturated heterocycles. The summed E-state index contributed by atoms with van der Waals surface area (Å²) in [6.45, 7) is 6.14. The van der Waals surface area contributed by atoms with Crippen molar-refractivity contribution in [3.63, 3.8) is 0 Å². The topological polar surface area (TPSA) is 89.9 Å². The summed E-state index contributed by atoms with van der Waals surface area (Å²) in [4.78, 5) is 23.7. The van der Waals surface area contributed by atoms with Crippen LogP contribution in [-0.2, 0) is 6.54 Å². The minimum Gasteiger partial charge on any atom is -0.337 e.